The quantitative estimate of drug-likeness (QED) is 0.664. The van der Waals surface area contributed by atoms with Crippen LogP contribution in [0.4, 0.5) is 13.2 Å². The van der Waals surface area contributed by atoms with Crippen molar-refractivity contribution in [3.8, 4) is 0 Å². The Balaban J connectivity index is 0.000000370. The Kier molecular flexibility index (Phi) is 8.06. The molecule has 5 nitrogen and oxygen atoms in total. The highest BCUT2D eigenvalue weighted by molar-refractivity contribution is 7.85. The molecule has 0 aromatic heterocycles. The maximum absolute atomic E-state index is 11.1. The number of hydrogen-bond acceptors (Lipinski definition) is 4. The molecule has 10 heteroatoms. The van der Waals surface area contributed by atoms with E-state index in [0.29, 0.717) is 18.0 Å². The molecule has 0 aliphatic carbocycles. The summed E-state index contributed by atoms with van der Waals surface area (Å²) in [6.07, 6.45) is -4.13. The molecule has 0 saturated heterocycles. The minimum atomic E-state index is -4.48. The first kappa shape index (κ1) is 19.1. The van der Waals surface area contributed by atoms with Gasteiger partial charge in [-0.3, -0.25) is 4.74 Å². The van der Waals surface area contributed by atoms with Gasteiger partial charge in [-0.05, 0) is 24.3 Å². The highest BCUT2D eigenvalue weighted by Gasteiger charge is 2.28. The molecule has 1 rings (SSSR count). The molecule has 0 saturated carbocycles. The van der Waals surface area contributed by atoms with Gasteiger partial charge in [0.15, 0.2) is 0 Å². The van der Waals surface area contributed by atoms with Crippen molar-refractivity contribution in [1.29, 1.82) is 0 Å². The van der Waals surface area contributed by atoms with Crippen LogP contribution in [0.15, 0.2) is 29.2 Å². The van der Waals surface area contributed by atoms with Crippen LogP contribution in [0.3, 0.4) is 0 Å². The SMILES string of the molecule is O=S(=O)([O-])c1ccc(Cl)cc1.[NH3+]CCCOC(F)(F)F. The normalized spacial score (nSPS) is 11.7. The molecule has 0 aliphatic rings. The van der Waals surface area contributed by atoms with E-state index in [9.17, 15) is 26.1 Å². The molecule has 20 heavy (non-hydrogen) atoms. The molecule has 0 heterocycles. The third-order valence-electron chi connectivity index (χ3n) is 1.76. The van der Waals surface area contributed by atoms with Crippen molar-refractivity contribution in [2.45, 2.75) is 17.7 Å². The van der Waals surface area contributed by atoms with Crippen molar-refractivity contribution in [2.75, 3.05) is 13.2 Å². The van der Waals surface area contributed by atoms with Crippen LogP contribution in [0.1, 0.15) is 6.42 Å². The van der Waals surface area contributed by atoms with E-state index in [0.717, 1.165) is 0 Å². The molecule has 0 atom stereocenters. The highest BCUT2D eigenvalue weighted by Crippen LogP contribution is 2.15. The third kappa shape index (κ3) is 9.98. The molecule has 0 aliphatic heterocycles. The molecule has 0 radical (unpaired) electrons. The van der Waals surface area contributed by atoms with Crippen LogP contribution in [-0.4, -0.2) is 32.5 Å². The summed E-state index contributed by atoms with van der Waals surface area (Å²) in [5.41, 5.74) is 3.36. The van der Waals surface area contributed by atoms with Crippen LogP contribution in [0, 0.1) is 0 Å². The summed E-state index contributed by atoms with van der Waals surface area (Å²) in [5.74, 6) is 0. The average molecular weight is 336 g/mol. The Morgan fingerprint density at radius 1 is 1.25 bits per heavy atom. The summed E-state index contributed by atoms with van der Waals surface area (Å²) in [4.78, 5) is -0.262. The predicted octanol–water partition coefficient (Wildman–Crippen LogP) is 1.40. The molecular formula is C10H13ClF3NO4S. The fourth-order valence-corrected chi connectivity index (χ4v) is 1.49. The summed E-state index contributed by atoms with van der Waals surface area (Å²) in [6.45, 7) is 0.184. The molecular weight excluding hydrogens is 323 g/mol. The smallest absolute Gasteiger partial charge is 0.522 e. The van der Waals surface area contributed by atoms with Crippen molar-refractivity contribution in [1.82, 2.24) is 0 Å². The molecule has 0 unspecified atom stereocenters. The zero-order valence-corrected chi connectivity index (χ0v) is 11.8. The third-order valence-corrected chi connectivity index (χ3v) is 2.86. The van der Waals surface area contributed by atoms with Crippen molar-refractivity contribution >= 4 is 21.7 Å². The number of rotatable bonds is 4. The first-order valence-corrected chi connectivity index (χ1v) is 7.06. The molecule has 0 bridgehead atoms. The van der Waals surface area contributed by atoms with Crippen LogP contribution in [0.2, 0.25) is 5.02 Å². The molecule has 1 aromatic rings. The van der Waals surface area contributed by atoms with Gasteiger partial charge >= 0.3 is 6.36 Å². The number of ether oxygens (including phenoxy) is 1. The fourth-order valence-electron chi connectivity index (χ4n) is 0.891. The van der Waals surface area contributed by atoms with E-state index in [1.54, 1.807) is 0 Å². The van der Waals surface area contributed by atoms with E-state index in [-0.39, 0.29) is 11.5 Å². The van der Waals surface area contributed by atoms with Crippen LogP contribution in [-0.2, 0) is 14.9 Å². The minimum Gasteiger partial charge on any atom is -0.744 e. The van der Waals surface area contributed by atoms with E-state index < -0.39 is 16.5 Å². The van der Waals surface area contributed by atoms with Gasteiger partial charge in [0.1, 0.15) is 10.1 Å². The Hall–Kier alpha value is -0.870. The molecule has 0 spiro atoms. The Labute approximate surface area is 119 Å². The minimum absolute atomic E-state index is 0.262. The monoisotopic (exact) mass is 335 g/mol. The van der Waals surface area contributed by atoms with Gasteiger partial charge in [0.05, 0.1) is 18.0 Å². The number of halogens is 4. The topological polar surface area (TPSA) is 94.1 Å². The summed E-state index contributed by atoms with van der Waals surface area (Å²) >= 11 is 5.46. The predicted molar refractivity (Wildman–Crippen MR) is 63.8 cm³/mol. The first-order valence-electron chi connectivity index (χ1n) is 5.27. The summed E-state index contributed by atoms with van der Waals surface area (Å²) in [6, 6.07) is 5.05. The van der Waals surface area contributed by atoms with Crippen LogP contribution in [0.25, 0.3) is 0 Å². The first-order chi connectivity index (χ1) is 9.06. The lowest BCUT2D eigenvalue weighted by Gasteiger charge is -2.05. The van der Waals surface area contributed by atoms with E-state index in [4.69, 9.17) is 11.6 Å². The maximum atomic E-state index is 11.1. The average Bonchev–Trinajstić information content (AvgIpc) is 2.28. The molecule has 0 amide bonds. The van der Waals surface area contributed by atoms with Crippen LogP contribution in [0.5, 0.6) is 0 Å². The van der Waals surface area contributed by atoms with Gasteiger partial charge in [-0.25, -0.2) is 8.42 Å². The van der Waals surface area contributed by atoms with Gasteiger partial charge in [0, 0.05) is 11.4 Å². The van der Waals surface area contributed by atoms with E-state index in [1.807, 2.05) is 0 Å². The standard InChI is InChI=1S/C6H5ClO3S.C4H8F3NO/c7-5-1-3-6(4-2-5)11(8,9)10;5-4(6,7)9-3-1-2-8/h1-4H,(H,8,9,10);1-3,8H2. The largest absolute Gasteiger partial charge is 0.744 e. The van der Waals surface area contributed by atoms with Crippen molar-refractivity contribution < 1.29 is 36.6 Å². The number of quaternary nitrogens is 1. The van der Waals surface area contributed by atoms with Crippen molar-refractivity contribution in [3.05, 3.63) is 29.3 Å². The second kappa shape index (κ2) is 8.42. The molecule has 116 valence electrons. The Morgan fingerprint density at radius 3 is 2.10 bits per heavy atom. The molecule has 3 N–H and O–H groups in total. The lowest BCUT2D eigenvalue weighted by atomic mass is 10.4. The maximum Gasteiger partial charge on any atom is 0.522 e. The number of benzene rings is 1. The molecule has 0 fully saturated rings. The summed E-state index contributed by atoms with van der Waals surface area (Å²) < 4.78 is 67.9. The lowest BCUT2D eigenvalue weighted by Crippen LogP contribution is -2.50. The van der Waals surface area contributed by atoms with Gasteiger partial charge in [-0.15, -0.1) is 13.2 Å². The van der Waals surface area contributed by atoms with Gasteiger partial charge in [-0.1, -0.05) is 11.6 Å². The van der Waals surface area contributed by atoms with Crippen molar-refractivity contribution in [2.24, 2.45) is 0 Å². The van der Waals surface area contributed by atoms with Gasteiger partial charge in [0.25, 0.3) is 0 Å². The van der Waals surface area contributed by atoms with Gasteiger partial charge in [0.2, 0.25) is 0 Å². The van der Waals surface area contributed by atoms with Gasteiger partial charge in [-0.2, -0.15) is 0 Å². The van der Waals surface area contributed by atoms with E-state index in [2.05, 4.69) is 10.5 Å². The summed E-state index contributed by atoms with van der Waals surface area (Å²) in [5, 5.41) is 0.400. The van der Waals surface area contributed by atoms with E-state index in [1.165, 1.54) is 24.3 Å². The second-order valence-corrected chi connectivity index (χ2v) is 5.23. The lowest BCUT2D eigenvalue weighted by molar-refractivity contribution is -0.376. The summed E-state index contributed by atoms with van der Waals surface area (Å²) in [7, 11) is -4.33. The van der Waals surface area contributed by atoms with Crippen molar-refractivity contribution in [3.63, 3.8) is 0 Å². The second-order valence-electron chi connectivity index (χ2n) is 3.41. The highest BCUT2D eigenvalue weighted by atomic mass is 35.5. The number of alkyl halides is 3. The molecule has 1 aromatic carbocycles. The van der Waals surface area contributed by atoms with E-state index >= 15 is 0 Å². The zero-order chi connectivity index (χ0) is 15.8. The van der Waals surface area contributed by atoms with Crippen LogP contribution < -0.4 is 5.73 Å². The number of hydrogen-bond donors (Lipinski definition) is 1. The fraction of sp³-hybridized carbons (Fsp3) is 0.400. The zero-order valence-electron chi connectivity index (χ0n) is 10.2. The Bertz CT molecular complexity index is 490. The van der Waals surface area contributed by atoms with Crippen LogP contribution >= 0.6 is 11.6 Å². The van der Waals surface area contributed by atoms with Gasteiger partial charge < -0.3 is 10.3 Å². The Morgan fingerprint density at radius 2 is 1.75 bits per heavy atom.